The number of aromatic hydroxyl groups is 1. The van der Waals surface area contributed by atoms with Crippen molar-refractivity contribution in [2.24, 2.45) is 0 Å². The minimum Gasteiger partial charge on any atom is -0.508 e. The first-order valence-electron chi connectivity index (χ1n) is 5.90. The maximum absolute atomic E-state index is 11.9. The Kier molecular flexibility index (Phi) is 3.71. The molecule has 0 unspecified atom stereocenters. The van der Waals surface area contributed by atoms with Crippen LogP contribution in [0.1, 0.15) is 23.2 Å². The fourth-order valence-electron chi connectivity index (χ4n) is 1.64. The number of aryl methyl sites for hydroxylation is 1. The number of nitrogens with one attached hydrogen (secondary N) is 1. The van der Waals surface area contributed by atoms with E-state index in [-0.39, 0.29) is 11.5 Å². The summed E-state index contributed by atoms with van der Waals surface area (Å²) < 4.78 is 5.26. The summed E-state index contributed by atoms with van der Waals surface area (Å²) in [5.74, 6) is 1.05. The second kappa shape index (κ2) is 5.44. The molecule has 1 aromatic heterocycles. The van der Waals surface area contributed by atoms with Gasteiger partial charge in [-0.05, 0) is 50.2 Å². The summed E-state index contributed by atoms with van der Waals surface area (Å²) in [4.78, 5) is 11.9. The number of carbonyl (C=O) groups excluding carboxylic acids is 1. The van der Waals surface area contributed by atoms with Crippen LogP contribution in [0.2, 0.25) is 0 Å². The van der Waals surface area contributed by atoms with Crippen molar-refractivity contribution in [1.29, 1.82) is 0 Å². The minimum absolute atomic E-state index is 0.183. The zero-order valence-electron chi connectivity index (χ0n) is 10.8. The maximum atomic E-state index is 11.9. The SMILES string of the molecule is C/C(=C\C(=O)c1ccc(C)o1)Nc1ccc(O)cc1. The summed E-state index contributed by atoms with van der Waals surface area (Å²) in [5, 5.41) is 12.2. The number of allylic oxidation sites excluding steroid dienone is 2. The molecule has 2 rings (SSSR count). The third kappa shape index (κ3) is 3.48. The normalized spacial score (nSPS) is 11.4. The Morgan fingerprint density at radius 1 is 1.21 bits per heavy atom. The van der Waals surface area contributed by atoms with Gasteiger partial charge in [-0.15, -0.1) is 0 Å². The largest absolute Gasteiger partial charge is 0.508 e. The van der Waals surface area contributed by atoms with Crippen molar-refractivity contribution in [1.82, 2.24) is 0 Å². The van der Waals surface area contributed by atoms with Gasteiger partial charge in [-0.1, -0.05) is 0 Å². The fraction of sp³-hybridized carbons (Fsp3) is 0.133. The summed E-state index contributed by atoms with van der Waals surface area (Å²) in [6, 6.07) is 10.0. The van der Waals surface area contributed by atoms with E-state index in [0.29, 0.717) is 17.2 Å². The van der Waals surface area contributed by atoms with Crippen LogP contribution < -0.4 is 5.32 Å². The average Bonchev–Trinajstić information content (AvgIpc) is 2.79. The van der Waals surface area contributed by atoms with Crippen LogP contribution >= 0.6 is 0 Å². The van der Waals surface area contributed by atoms with Gasteiger partial charge in [-0.2, -0.15) is 0 Å². The van der Waals surface area contributed by atoms with E-state index in [4.69, 9.17) is 4.42 Å². The second-order valence-corrected chi connectivity index (χ2v) is 4.27. The van der Waals surface area contributed by atoms with Gasteiger partial charge in [-0.3, -0.25) is 4.79 Å². The number of carbonyl (C=O) groups is 1. The quantitative estimate of drug-likeness (QED) is 0.500. The van der Waals surface area contributed by atoms with Crippen molar-refractivity contribution in [2.75, 3.05) is 5.32 Å². The lowest BCUT2D eigenvalue weighted by molar-refractivity contribution is 0.102. The molecule has 1 aromatic carbocycles. The molecule has 0 aliphatic rings. The van der Waals surface area contributed by atoms with Crippen molar-refractivity contribution in [3.63, 3.8) is 0 Å². The Morgan fingerprint density at radius 3 is 2.47 bits per heavy atom. The van der Waals surface area contributed by atoms with Crippen molar-refractivity contribution in [3.8, 4) is 5.75 Å². The van der Waals surface area contributed by atoms with Crippen molar-refractivity contribution < 1.29 is 14.3 Å². The number of anilines is 1. The van der Waals surface area contributed by atoms with E-state index in [9.17, 15) is 9.90 Å². The molecule has 2 aromatic rings. The van der Waals surface area contributed by atoms with Crippen LogP contribution in [-0.2, 0) is 0 Å². The van der Waals surface area contributed by atoms with E-state index in [1.165, 1.54) is 6.08 Å². The highest BCUT2D eigenvalue weighted by Gasteiger charge is 2.07. The Morgan fingerprint density at radius 2 is 1.89 bits per heavy atom. The van der Waals surface area contributed by atoms with Gasteiger partial charge in [0.15, 0.2) is 5.76 Å². The Labute approximate surface area is 111 Å². The number of furan rings is 1. The molecule has 0 spiro atoms. The second-order valence-electron chi connectivity index (χ2n) is 4.27. The first kappa shape index (κ1) is 13.0. The molecule has 0 aliphatic heterocycles. The van der Waals surface area contributed by atoms with E-state index >= 15 is 0 Å². The standard InChI is InChI=1S/C15H15NO3/c1-10(16-12-4-6-13(17)7-5-12)9-14(18)15-8-3-11(2)19-15/h3-9,16-17H,1-2H3/b10-9+. The van der Waals surface area contributed by atoms with Gasteiger partial charge in [0, 0.05) is 17.5 Å². The van der Waals surface area contributed by atoms with Crippen molar-refractivity contribution in [2.45, 2.75) is 13.8 Å². The van der Waals surface area contributed by atoms with Crippen LogP contribution in [0.25, 0.3) is 0 Å². The van der Waals surface area contributed by atoms with Gasteiger partial charge < -0.3 is 14.8 Å². The summed E-state index contributed by atoms with van der Waals surface area (Å²) in [7, 11) is 0. The van der Waals surface area contributed by atoms with Crippen LogP contribution in [0.15, 0.2) is 52.6 Å². The van der Waals surface area contributed by atoms with E-state index in [1.54, 1.807) is 50.2 Å². The average molecular weight is 257 g/mol. The van der Waals surface area contributed by atoms with Gasteiger partial charge in [0.1, 0.15) is 11.5 Å². The molecule has 0 radical (unpaired) electrons. The van der Waals surface area contributed by atoms with E-state index in [0.717, 1.165) is 5.69 Å². The lowest BCUT2D eigenvalue weighted by Gasteiger charge is -2.05. The smallest absolute Gasteiger partial charge is 0.222 e. The molecule has 0 saturated carbocycles. The van der Waals surface area contributed by atoms with Crippen LogP contribution in [0, 0.1) is 6.92 Å². The molecule has 0 aliphatic carbocycles. The van der Waals surface area contributed by atoms with E-state index in [1.807, 2.05) is 0 Å². The fourth-order valence-corrected chi connectivity index (χ4v) is 1.64. The number of rotatable bonds is 4. The van der Waals surface area contributed by atoms with Crippen molar-refractivity contribution in [3.05, 3.63) is 59.7 Å². The number of hydrogen-bond donors (Lipinski definition) is 2. The topological polar surface area (TPSA) is 62.5 Å². The van der Waals surface area contributed by atoms with Gasteiger partial charge >= 0.3 is 0 Å². The maximum Gasteiger partial charge on any atom is 0.222 e. The monoisotopic (exact) mass is 257 g/mol. The first-order valence-corrected chi connectivity index (χ1v) is 5.90. The van der Waals surface area contributed by atoms with E-state index < -0.39 is 0 Å². The number of ketones is 1. The summed E-state index contributed by atoms with van der Waals surface area (Å²) in [5.41, 5.74) is 1.50. The highest BCUT2D eigenvalue weighted by atomic mass is 16.3. The Balaban J connectivity index is 2.06. The van der Waals surface area contributed by atoms with Gasteiger partial charge in [0.2, 0.25) is 5.78 Å². The highest BCUT2D eigenvalue weighted by Crippen LogP contribution is 2.16. The number of phenols is 1. The van der Waals surface area contributed by atoms with Crippen LogP contribution in [0.4, 0.5) is 5.69 Å². The van der Waals surface area contributed by atoms with Crippen molar-refractivity contribution >= 4 is 11.5 Å². The lowest BCUT2D eigenvalue weighted by Crippen LogP contribution is -2.00. The summed E-state index contributed by atoms with van der Waals surface area (Å²) >= 11 is 0. The highest BCUT2D eigenvalue weighted by molar-refractivity contribution is 6.03. The molecule has 1 heterocycles. The van der Waals surface area contributed by atoms with Crippen LogP contribution in [0.3, 0.4) is 0 Å². The third-order valence-corrected chi connectivity index (χ3v) is 2.54. The molecule has 0 atom stereocenters. The summed E-state index contributed by atoms with van der Waals surface area (Å²) in [6.45, 7) is 3.59. The van der Waals surface area contributed by atoms with Gasteiger partial charge in [-0.25, -0.2) is 0 Å². The molecule has 0 amide bonds. The molecule has 0 saturated heterocycles. The number of benzene rings is 1. The molecule has 4 nitrogen and oxygen atoms in total. The molecule has 0 fully saturated rings. The molecule has 4 heteroatoms. The molecular weight excluding hydrogens is 242 g/mol. The third-order valence-electron chi connectivity index (χ3n) is 2.54. The molecule has 2 N–H and O–H groups in total. The zero-order chi connectivity index (χ0) is 13.8. The predicted molar refractivity (Wildman–Crippen MR) is 73.3 cm³/mol. The number of phenolic OH excluding ortho intramolecular Hbond substituents is 1. The first-order chi connectivity index (χ1) is 9.04. The van der Waals surface area contributed by atoms with Gasteiger partial charge in [0.05, 0.1) is 0 Å². The Hall–Kier alpha value is -2.49. The van der Waals surface area contributed by atoms with Gasteiger partial charge in [0.25, 0.3) is 0 Å². The molecule has 98 valence electrons. The lowest BCUT2D eigenvalue weighted by atomic mass is 10.2. The molecule has 0 bridgehead atoms. The van der Waals surface area contributed by atoms with Crippen LogP contribution in [-0.4, -0.2) is 10.9 Å². The number of hydrogen-bond acceptors (Lipinski definition) is 4. The Bertz CT molecular complexity index is 609. The molecule has 19 heavy (non-hydrogen) atoms. The zero-order valence-corrected chi connectivity index (χ0v) is 10.8. The van der Waals surface area contributed by atoms with E-state index in [2.05, 4.69) is 5.32 Å². The summed E-state index contributed by atoms with van der Waals surface area (Å²) in [6.07, 6.45) is 1.48. The molecular formula is C15H15NO3. The predicted octanol–water partition coefficient (Wildman–Crippen LogP) is 3.49. The van der Waals surface area contributed by atoms with Crippen LogP contribution in [0.5, 0.6) is 5.75 Å². The minimum atomic E-state index is -0.183.